The Morgan fingerprint density at radius 2 is 0.867 bits per heavy atom. The van der Waals surface area contributed by atoms with Crippen molar-refractivity contribution in [2.24, 2.45) is 47.3 Å². The molecule has 0 aliphatic heterocycles. The number of thioether (sulfide) groups is 2. The van der Waals surface area contributed by atoms with E-state index in [2.05, 4.69) is 85.0 Å². The summed E-state index contributed by atoms with van der Waals surface area (Å²) in [6, 6.07) is 21.9. The summed E-state index contributed by atoms with van der Waals surface area (Å²) in [7, 11) is 0. The Hall–Kier alpha value is -1.38. The minimum atomic E-state index is 0.848. The Kier molecular flexibility index (Phi) is 5.33. The minimum absolute atomic E-state index is 0.848. The predicted molar refractivity (Wildman–Crippen MR) is 130 cm³/mol. The van der Waals surface area contributed by atoms with Crippen LogP contribution < -0.4 is 0 Å². The van der Waals surface area contributed by atoms with E-state index >= 15 is 0 Å². The molecular weight excluding hydrogens is 400 g/mol. The molecule has 2 aromatic rings. The van der Waals surface area contributed by atoms with Crippen molar-refractivity contribution in [3.8, 4) is 0 Å². The van der Waals surface area contributed by atoms with Gasteiger partial charge >= 0.3 is 0 Å². The van der Waals surface area contributed by atoms with E-state index in [9.17, 15) is 0 Å². The van der Waals surface area contributed by atoms with Gasteiger partial charge < -0.3 is 0 Å². The Morgan fingerprint density at radius 1 is 0.500 bits per heavy atom. The molecule has 2 heteroatoms. The van der Waals surface area contributed by atoms with Crippen molar-refractivity contribution in [2.45, 2.75) is 22.6 Å². The average Bonchev–Trinajstić information content (AvgIpc) is 3.52. The first-order valence-electron chi connectivity index (χ1n) is 11.6. The van der Waals surface area contributed by atoms with Crippen LogP contribution in [0, 0.1) is 47.3 Å². The third-order valence-electron chi connectivity index (χ3n) is 8.24. The van der Waals surface area contributed by atoms with Gasteiger partial charge in [-0.2, -0.15) is 0 Å². The first kappa shape index (κ1) is 19.3. The largest absolute Gasteiger partial charge is 0.126 e. The summed E-state index contributed by atoms with van der Waals surface area (Å²) < 4.78 is 0. The van der Waals surface area contributed by atoms with Gasteiger partial charge in [0.2, 0.25) is 0 Å². The van der Waals surface area contributed by atoms with Crippen molar-refractivity contribution >= 4 is 23.5 Å². The molecule has 0 amide bonds. The second kappa shape index (κ2) is 8.28. The first-order valence-corrected chi connectivity index (χ1v) is 13.6. The molecule has 0 aromatic heterocycles. The lowest BCUT2D eigenvalue weighted by Gasteiger charge is -2.25. The Morgan fingerprint density at radius 3 is 1.23 bits per heavy atom. The molecule has 30 heavy (non-hydrogen) atoms. The summed E-state index contributed by atoms with van der Waals surface area (Å²) in [6.07, 6.45) is 13.3. The Labute approximate surface area is 189 Å². The standard InChI is InChI=1S/C28H30S2/c1-3-7-19(8-4-1)29-17-15-21-23-11-13-25-22(16-18-30-20-9-5-2-6-10-20)26-14-12-24(21)28(26)27(23)25/h1-14,21-28H,15-18H2/t21?,22?,23-,24+,25-,26+,27?,28?. The molecule has 154 valence electrons. The zero-order valence-electron chi connectivity index (χ0n) is 17.3. The van der Waals surface area contributed by atoms with Crippen LogP contribution in [0.2, 0.25) is 0 Å². The maximum atomic E-state index is 2.65. The zero-order valence-corrected chi connectivity index (χ0v) is 19.0. The second-order valence-corrected chi connectivity index (χ2v) is 11.8. The normalized spacial score (nSPS) is 37.2. The predicted octanol–water partition coefficient (Wildman–Crippen LogP) is 7.45. The third-order valence-corrected chi connectivity index (χ3v) is 10.3. The molecular formula is C28H30S2. The lowest BCUT2D eigenvalue weighted by molar-refractivity contribution is 0.286. The molecule has 2 aromatic carbocycles. The fraction of sp³-hybridized carbons (Fsp3) is 0.429. The topological polar surface area (TPSA) is 0 Å². The first-order chi connectivity index (χ1) is 14.9. The quantitative estimate of drug-likeness (QED) is 0.315. The highest BCUT2D eigenvalue weighted by atomic mass is 32.2. The van der Waals surface area contributed by atoms with Gasteiger partial charge in [0.25, 0.3) is 0 Å². The van der Waals surface area contributed by atoms with Crippen LogP contribution in [0.1, 0.15) is 12.8 Å². The molecule has 0 heterocycles. The highest BCUT2D eigenvalue weighted by Crippen LogP contribution is 2.68. The van der Waals surface area contributed by atoms with E-state index in [-0.39, 0.29) is 0 Å². The highest BCUT2D eigenvalue weighted by molar-refractivity contribution is 7.99. The van der Waals surface area contributed by atoms with Crippen LogP contribution in [0.4, 0.5) is 0 Å². The van der Waals surface area contributed by atoms with Crippen molar-refractivity contribution < 1.29 is 0 Å². The van der Waals surface area contributed by atoms with Gasteiger partial charge in [-0.1, -0.05) is 60.7 Å². The molecule has 0 N–H and O–H groups in total. The van der Waals surface area contributed by atoms with Crippen molar-refractivity contribution in [1.82, 2.24) is 0 Å². The molecule has 2 fully saturated rings. The molecule has 6 rings (SSSR count). The van der Waals surface area contributed by atoms with Gasteiger partial charge in [0.05, 0.1) is 0 Å². The van der Waals surface area contributed by atoms with Gasteiger partial charge in [-0.25, -0.2) is 0 Å². The second-order valence-electron chi connectivity index (χ2n) is 9.46. The van der Waals surface area contributed by atoms with Crippen LogP contribution in [0.3, 0.4) is 0 Å². The zero-order chi connectivity index (χ0) is 19.9. The fourth-order valence-electron chi connectivity index (χ4n) is 7.22. The van der Waals surface area contributed by atoms with Crippen molar-refractivity contribution in [3.05, 3.63) is 85.0 Å². The van der Waals surface area contributed by atoms with E-state index < -0.39 is 0 Å². The van der Waals surface area contributed by atoms with Crippen molar-refractivity contribution in [3.63, 3.8) is 0 Å². The lowest BCUT2D eigenvalue weighted by atomic mass is 9.81. The van der Waals surface area contributed by atoms with E-state index in [0.29, 0.717) is 0 Å². The minimum Gasteiger partial charge on any atom is -0.126 e. The lowest BCUT2D eigenvalue weighted by Crippen LogP contribution is -2.20. The van der Waals surface area contributed by atoms with Crippen LogP contribution in [0.25, 0.3) is 0 Å². The van der Waals surface area contributed by atoms with Crippen LogP contribution in [0.15, 0.2) is 94.8 Å². The Balaban J connectivity index is 1.09. The monoisotopic (exact) mass is 430 g/mol. The van der Waals surface area contributed by atoms with Gasteiger partial charge in [0, 0.05) is 9.79 Å². The number of hydrogen-bond acceptors (Lipinski definition) is 2. The Bertz CT molecular complexity index is 813. The van der Waals surface area contributed by atoms with E-state index in [4.69, 9.17) is 0 Å². The van der Waals surface area contributed by atoms with Crippen LogP contribution in [-0.4, -0.2) is 11.5 Å². The third kappa shape index (κ3) is 3.31. The maximum Gasteiger partial charge on any atom is 0.00719 e. The molecule has 4 aliphatic rings. The summed E-state index contributed by atoms with van der Waals surface area (Å²) in [4.78, 5) is 2.85. The summed E-state index contributed by atoms with van der Waals surface area (Å²) in [5.41, 5.74) is 0. The molecule has 4 aliphatic carbocycles. The fourth-order valence-corrected chi connectivity index (χ4v) is 9.17. The summed E-state index contributed by atoms with van der Waals surface area (Å²) in [5.74, 6) is 9.53. The highest BCUT2D eigenvalue weighted by Gasteiger charge is 2.63. The molecule has 6 atom stereocenters. The number of rotatable bonds is 8. The van der Waals surface area contributed by atoms with Crippen LogP contribution in [0.5, 0.6) is 0 Å². The average molecular weight is 431 g/mol. The van der Waals surface area contributed by atoms with E-state index in [1.807, 2.05) is 23.5 Å². The summed E-state index contributed by atoms with van der Waals surface area (Å²) >= 11 is 4.09. The SMILES string of the molecule is C1=C[C@@H]2C(CCSc3ccccc3)[C@@H]3C=C[C@H]4C(CCSc5ccccc5)[C@@H]1C2C43. The molecule has 2 saturated carbocycles. The van der Waals surface area contributed by atoms with Crippen LogP contribution >= 0.6 is 23.5 Å². The molecule has 0 radical (unpaired) electrons. The van der Waals surface area contributed by atoms with Crippen LogP contribution in [-0.2, 0) is 0 Å². The number of hydrogen-bond donors (Lipinski definition) is 0. The molecule has 2 unspecified atom stereocenters. The summed E-state index contributed by atoms with van der Waals surface area (Å²) in [5, 5.41) is 0. The van der Waals surface area contributed by atoms with Gasteiger partial charge in [-0.15, -0.1) is 23.5 Å². The molecule has 0 bridgehead atoms. The molecule has 0 saturated heterocycles. The molecule has 0 nitrogen and oxygen atoms in total. The maximum absolute atomic E-state index is 2.65. The number of allylic oxidation sites excluding steroid dienone is 4. The van der Waals surface area contributed by atoms with E-state index in [1.165, 1.54) is 34.1 Å². The van der Waals surface area contributed by atoms with Crippen molar-refractivity contribution in [2.75, 3.05) is 11.5 Å². The van der Waals surface area contributed by atoms with Crippen molar-refractivity contribution in [1.29, 1.82) is 0 Å². The van der Waals surface area contributed by atoms with Gasteiger partial charge in [-0.3, -0.25) is 0 Å². The van der Waals surface area contributed by atoms with E-state index in [1.54, 1.807) is 0 Å². The summed E-state index contributed by atoms with van der Waals surface area (Å²) in [6.45, 7) is 0. The van der Waals surface area contributed by atoms with E-state index in [0.717, 1.165) is 47.3 Å². The smallest absolute Gasteiger partial charge is 0.00719 e. The van der Waals surface area contributed by atoms with Gasteiger partial charge in [-0.05, 0) is 96.0 Å². The number of benzene rings is 2. The van der Waals surface area contributed by atoms with Gasteiger partial charge in [0.1, 0.15) is 0 Å². The van der Waals surface area contributed by atoms with Gasteiger partial charge in [0.15, 0.2) is 0 Å². The molecule has 0 spiro atoms.